The van der Waals surface area contributed by atoms with Gasteiger partial charge in [-0.2, -0.15) is 0 Å². The van der Waals surface area contributed by atoms with Crippen LogP contribution in [0.4, 0.5) is 0 Å². The van der Waals surface area contributed by atoms with Crippen LogP contribution in [-0.4, -0.2) is 41.3 Å². The van der Waals surface area contributed by atoms with Gasteiger partial charge in [0.2, 0.25) is 6.29 Å². The molecule has 2 N–H and O–H groups in total. The predicted molar refractivity (Wildman–Crippen MR) is 52.0 cm³/mol. The molecule has 1 heterocycles. The van der Waals surface area contributed by atoms with Crippen LogP contribution in [-0.2, 0) is 14.3 Å². The van der Waals surface area contributed by atoms with Crippen molar-refractivity contribution in [3.63, 3.8) is 0 Å². The number of esters is 1. The second-order valence-electron chi connectivity index (χ2n) is 3.71. The fraction of sp³-hybridized carbons (Fsp3) is 0.900. The first-order valence-corrected chi connectivity index (χ1v) is 5.32. The summed E-state index contributed by atoms with van der Waals surface area (Å²) in [6.45, 7) is 2.06. The minimum Gasteiger partial charge on any atom is -0.433 e. The van der Waals surface area contributed by atoms with Gasteiger partial charge in [0.15, 0.2) is 0 Å². The summed E-state index contributed by atoms with van der Waals surface area (Å²) < 4.78 is 9.78. The van der Waals surface area contributed by atoms with Crippen molar-refractivity contribution in [2.24, 2.45) is 0 Å². The van der Waals surface area contributed by atoms with E-state index in [1.165, 1.54) is 0 Å². The largest absolute Gasteiger partial charge is 0.433 e. The highest BCUT2D eigenvalue weighted by Gasteiger charge is 2.37. The molecule has 0 aromatic carbocycles. The Balaban J connectivity index is 2.20. The van der Waals surface area contributed by atoms with Gasteiger partial charge in [-0.25, -0.2) is 0 Å². The topological polar surface area (TPSA) is 76.0 Å². The lowest BCUT2D eigenvalue weighted by atomic mass is 10.2. The molecule has 3 atom stereocenters. The van der Waals surface area contributed by atoms with E-state index in [2.05, 4.69) is 0 Å². The zero-order valence-corrected chi connectivity index (χ0v) is 8.89. The Bertz CT molecular complexity index is 206. The molecule has 1 unspecified atom stereocenters. The van der Waals surface area contributed by atoms with Gasteiger partial charge in [-0.1, -0.05) is 19.8 Å². The Morgan fingerprint density at radius 1 is 1.47 bits per heavy atom. The maximum atomic E-state index is 11.2. The number of aliphatic hydroxyl groups excluding tert-OH is 2. The minimum absolute atomic E-state index is 0.00801. The molecule has 88 valence electrons. The lowest BCUT2D eigenvalue weighted by molar-refractivity contribution is -0.183. The number of rotatable bonds is 5. The highest BCUT2D eigenvalue weighted by Crippen LogP contribution is 2.16. The average molecular weight is 218 g/mol. The lowest BCUT2D eigenvalue weighted by Crippen LogP contribution is -2.33. The molecular weight excluding hydrogens is 200 g/mol. The number of carbonyl (C=O) groups excluding carboxylic acids is 1. The SMILES string of the molecule is CCCCCC(=O)OC1OC[C@@H](O)[C@H]1O. The van der Waals surface area contributed by atoms with Crippen molar-refractivity contribution in [2.75, 3.05) is 6.61 Å². The van der Waals surface area contributed by atoms with Gasteiger partial charge in [0.1, 0.15) is 12.2 Å². The standard InChI is InChI=1S/C10H18O5/c1-2-3-4-5-8(12)15-10-9(13)7(11)6-14-10/h7,9-11,13H,2-6H2,1H3/t7-,9-,10?/m1/s1. The van der Waals surface area contributed by atoms with Crippen molar-refractivity contribution in [1.29, 1.82) is 0 Å². The molecule has 0 saturated carbocycles. The molecule has 0 bridgehead atoms. The summed E-state index contributed by atoms with van der Waals surface area (Å²) in [6.07, 6.45) is 0.0325. The summed E-state index contributed by atoms with van der Waals surface area (Å²) in [5.41, 5.74) is 0. The smallest absolute Gasteiger partial charge is 0.308 e. The van der Waals surface area contributed by atoms with Gasteiger partial charge < -0.3 is 19.7 Å². The zero-order valence-electron chi connectivity index (χ0n) is 8.89. The molecule has 1 fully saturated rings. The number of ether oxygens (including phenoxy) is 2. The molecule has 5 heteroatoms. The average Bonchev–Trinajstić information content (AvgIpc) is 2.50. The summed E-state index contributed by atoms with van der Waals surface area (Å²) in [4.78, 5) is 11.2. The van der Waals surface area contributed by atoms with E-state index < -0.39 is 18.5 Å². The van der Waals surface area contributed by atoms with Gasteiger partial charge in [-0.05, 0) is 6.42 Å². The van der Waals surface area contributed by atoms with Crippen molar-refractivity contribution < 1.29 is 24.5 Å². The first kappa shape index (κ1) is 12.4. The number of hydrogen-bond donors (Lipinski definition) is 2. The van der Waals surface area contributed by atoms with Crippen LogP contribution in [0.2, 0.25) is 0 Å². The van der Waals surface area contributed by atoms with Crippen molar-refractivity contribution in [2.45, 2.75) is 51.1 Å². The van der Waals surface area contributed by atoms with Crippen molar-refractivity contribution in [1.82, 2.24) is 0 Å². The quantitative estimate of drug-likeness (QED) is 0.509. The fourth-order valence-electron chi connectivity index (χ4n) is 1.38. The van der Waals surface area contributed by atoms with Crippen LogP contribution in [0, 0.1) is 0 Å². The summed E-state index contributed by atoms with van der Waals surface area (Å²) in [6, 6.07) is 0. The van der Waals surface area contributed by atoms with Crippen molar-refractivity contribution in [3.8, 4) is 0 Å². The van der Waals surface area contributed by atoms with Crippen LogP contribution in [0.25, 0.3) is 0 Å². The van der Waals surface area contributed by atoms with Gasteiger partial charge in [0.05, 0.1) is 6.61 Å². The van der Waals surface area contributed by atoms with E-state index >= 15 is 0 Å². The van der Waals surface area contributed by atoms with Crippen LogP contribution in [0.3, 0.4) is 0 Å². The molecule has 1 saturated heterocycles. The van der Waals surface area contributed by atoms with Gasteiger partial charge in [0.25, 0.3) is 0 Å². The van der Waals surface area contributed by atoms with Crippen LogP contribution >= 0.6 is 0 Å². The molecule has 0 spiro atoms. The van der Waals surface area contributed by atoms with Crippen molar-refractivity contribution >= 4 is 5.97 Å². The van der Waals surface area contributed by atoms with E-state index in [1.54, 1.807) is 0 Å². The predicted octanol–water partition coefficient (Wildman–Crippen LogP) is 0.188. The van der Waals surface area contributed by atoms with E-state index in [9.17, 15) is 9.90 Å². The lowest BCUT2D eigenvalue weighted by Gasteiger charge is -2.15. The summed E-state index contributed by atoms with van der Waals surface area (Å²) in [5.74, 6) is -0.387. The van der Waals surface area contributed by atoms with E-state index in [1.807, 2.05) is 6.92 Å². The third kappa shape index (κ3) is 3.77. The Kier molecular flexibility index (Phi) is 5.01. The molecule has 0 aliphatic carbocycles. The molecule has 15 heavy (non-hydrogen) atoms. The van der Waals surface area contributed by atoms with E-state index in [0.29, 0.717) is 6.42 Å². The first-order valence-electron chi connectivity index (χ1n) is 5.32. The second-order valence-corrected chi connectivity index (χ2v) is 3.71. The Labute approximate surface area is 89.0 Å². The van der Waals surface area contributed by atoms with E-state index in [-0.39, 0.29) is 12.6 Å². The molecule has 0 aromatic rings. The highest BCUT2D eigenvalue weighted by molar-refractivity contribution is 5.69. The summed E-state index contributed by atoms with van der Waals surface area (Å²) in [5, 5.41) is 18.5. The third-order valence-electron chi connectivity index (χ3n) is 2.34. The monoisotopic (exact) mass is 218 g/mol. The van der Waals surface area contributed by atoms with Crippen LogP contribution in [0.15, 0.2) is 0 Å². The number of aliphatic hydroxyl groups is 2. The maximum Gasteiger partial charge on any atom is 0.308 e. The number of carbonyl (C=O) groups is 1. The Morgan fingerprint density at radius 3 is 2.73 bits per heavy atom. The second kappa shape index (κ2) is 6.05. The minimum atomic E-state index is -1.12. The zero-order chi connectivity index (χ0) is 11.3. The molecule has 0 radical (unpaired) electrons. The Hall–Kier alpha value is -0.650. The number of hydrogen-bond acceptors (Lipinski definition) is 5. The molecule has 1 rings (SSSR count). The normalized spacial score (nSPS) is 30.5. The third-order valence-corrected chi connectivity index (χ3v) is 2.34. The molecule has 1 aliphatic heterocycles. The van der Waals surface area contributed by atoms with E-state index in [0.717, 1.165) is 19.3 Å². The molecule has 0 aromatic heterocycles. The first-order chi connectivity index (χ1) is 7.15. The van der Waals surface area contributed by atoms with Crippen molar-refractivity contribution in [3.05, 3.63) is 0 Å². The molecule has 1 aliphatic rings. The summed E-state index contributed by atoms with van der Waals surface area (Å²) >= 11 is 0. The number of unbranched alkanes of at least 4 members (excludes halogenated alkanes) is 2. The van der Waals surface area contributed by atoms with Gasteiger partial charge in [0, 0.05) is 6.42 Å². The van der Waals surface area contributed by atoms with Gasteiger partial charge in [-0.15, -0.1) is 0 Å². The molecular formula is C10H18O5. The summed E-state index contributed by atoms with van der Waals surface area (Å²) in [7, 11) is 0. The molecule has 5 nitrogen and oxygen atoms in total. The fourth-order valence-corrected chi connectivity index (χ4v) is 1.38. The maximum absolute atomic E-state index is 11.2. The molecule has 0 amide bonds. The van der Waals surface area contributed by atoms with E-state index in [4.69, 9.17) is 14.6 Å². The highest BCUT2D eigenvalue weighted by atomic mass is 16.7. The Morgan fingerprint density at radius 2 is 2.20 bits per heavy atom. The van der Waals surface area contributed by atoms with Gasteiger partial charge in [-0.3, -0.25) is 4.79 Å². The van der Waals surface area contributed by atoms with Gasteiger partial charge >= 0.3 is 5.97 Å². The van der Waals surface area contributed by atoms with Crippen LogP contribution in [0.5, 0.6) is 0 Å². The van der Waals surface area contributed by atoms with Crippen LogP contribution < -0.4 is 0 Å². The van der Waals surface area contributed by atoms with Crippen LogP contribution in [0.1, 0.15) is 32.6 Å².